The average molecular weight is 480 g/mol. The summed E-state index contributed by atoms with van der Waals surface area (Å²) in [5, 5.41) is 2.08. The molecule has 2 aromatic rings. The summed E-state index contributed by atoms with van der Waals surface area (Å²) in [6.07, 6.45) is -9.10. The number of ether oxygens (including phenoxy) is 1. The van der Waals surface area contributed by atoms with Crippen LogP contribution < -0.4 is 0 Å². The molecule has 0 aliphatic carbocycles. The monoisotopic (exact) mass is 480 g/mol. The zero-order chi connectivity index (χ0) is 23.9. The van der Waals surface area contributed by atoms with Crippen molar-refractivity contribution >= 4 is 17.4 Å². The average Bonchev–Trinajstić information content (AvgIpc) is 3.15. The predicted octanol–water partition coefficient (Wildman–Crippen LogP) is 6.96. The lowest BCUT2D eigenvalue weighted by Gasteiger charge is -2.32. The minimum Gasteiger partial charge on any atom is -0.444 e. The molecular formula is C21H22F6N2O2S. The van der Waals surface area contributed by atoms with E-state index in [1.54, 1.807) is 25.7 Å². The second-order valence-electron chi connectivity index (χ2n) is 8.61. The molecule has 1 aliphatic rings. The van der Waals surface area contributed by atoms with E-state index in [1.165, 1.54) is 16.7 Å². The van der Waals surface area contributed by atoms with Crippen molar-refractivity contribution in [2.45, 2.75) is 57.5 Å². The van der Waals surface area contributed by atoms with Crippen LogP contribution in [0.15, 0.2) is 23.6 Å². The summed E-state index contributed by atoms with van der Waals surface area (Å²) in [5.41, 5.74) is -3.53. The Morgan fingerprint density at radius 1 is 1.00 bits per heavy atom. The van der Waals surface area contributed by atoms with Gasteiger partial charge in [-0.2, -0.15) is 26.3 Å². The van der Waals surface area contributed by atoms with Crippen molar-refractivity contribution in [2.24, 2.45) is 0 Å². The molecule has 1 fully saturated rings. The summed E-state index contributed by atoms with van der Waals surface area (Å²) in [4.78, 5) is 18.1. The number of hydrogen-bond acceptors (Lipinski definition) is 4. The van der Waals surface area contributed by atoms with Crippen molar-refractivity contribution in [2.75, 3.05) is 13.1 Å². The summed E-state index contributed by atoms with van der Waals surface area (Å²) in [5.74, 6) is -0.0414. The quantitative estimate of drug-likeness (QED) is 0.437. The van der Waals surface area contributed by atoms with E-state index in [2.05, 4.69) is 4.98 Å². The summed E-state index contributed by atoms with van der Waals surface area (Å²) >= 11 is 1.19. The van der Waals surface area contributed by atoms with Crippen LogP contribution in [0.4, 0.5) is 31.1 Å². The van der Waals surface area contributed by atoms with E-state index in [4.69, 9.17) is 4.74 Å². The van der Waals surface area contributed by atoms with Crippen molar-refractivity contribution in [3.05, 3.63) is 39.7 Å². The first-order valence-electron chi connectivity index (χ1n) is 9.87. The van der Waals surface area contributed by atoms with Gasteiger partial charge in [-0.25, -0.2) is 9.78 Å². The molecule has 0 spiro atoms. The smallest absolute Gasteiger partial charge is 0.416 e. The molecule has 1 aliphatic heterocycles. The molecule has 0 saturated carbocycles. The fourth-order valence-electron chi connectivity index (χ4n) is 3.35. The Balaban J connectivity index is 1.77. The van der Waals surface area contributed by atoms with Gasteiger partial charge >= 0.3 is 18.4 Å². The molecule has 0 N–H and O–H groups in total. The number of aromatic nitrogens is 1. The lowest BCUT2D eigenvalue weighted by Crippen LogP contribution is -2.41. The van der Waals surface area contributed by atoms with Crippen molar-refractivity contribution in [1.82, 2.24) is 9.88 Å². The fraction of sp³-hybridized carbons (Fsp3) is 0.524. The Kier molecular flexibility index (Phi) is 6.52. The molecule has 0 unspecified atom stereocenters. The number of amides is 1. The third kappa shape index (κ3) is 5.93. The number of alkyl halides is 6. The lowest BCUT2D eigenvalue weighted by molar-refractivity contribution is -0.143. The normalized spacial score (nSPS) is 16.3. The number of rotatable bonds is 2. The Morgan fingerprint density at radius 3 is 2.00 bits per heavy atom. The molecular weight excluding hydrogens is 458 g/mol. The van der Waals surface area contributed by atoms with Crippen LogP contribution in [0.3, 0.4) is 0 Å². The number of carbonyl (C=O) groups is 1. The lowest BCUT2D eigenvalue weighted by atomic mass is 9.97. The number of hydrogen-bond donors (Lipinski definition) is 0. The summed E-state index contributed by atoms with van der Waals surface area (Å²) in [6, 6.07) is 1.46. The van der Waals surface area contributed by atoms with Crippen LogP contribution in [-0.2, 0) is 17.1 Å². The van der Waals surface area contributed by atoms with Gasteiger partial charge in [0.1, 0.15) is 5.60 Å². The maximum absolute atomic E-state index is 13.1. The van der Waals surface area contributed by atoms with Crippen LogP contribution in [-0.4, -0.2) is 34.7 Å². The van der Waals surface area contributed by atoms with E-state index >= 15 is 0 Å². The highest BCUT2D eigenvalue weighted by atomic mass is 32.1. The molecule has 3 rings (SSSR count). The van der Waals surface area contributed by atoms with E-state index in [1.807, 2.05) is 0 Å². The van der Waals surface area contributed by atoms with Gasteiger partial charge in [0.2, 0.25) is 0 Å². The fourth-order valence-corrected chi connectivity index (χ4v) is 4.35. The van der Waals surface area contributed by atoms with Crippen LogP contribution in [0.25, 0.3) is 11.3 Å². The van der Waals surface area contributed by atoms with Crippen molar-refractivity contribution < 1.29 is 35.9 Å². The summed E-state index contributed by atoms with van der Waals surface area (Å²) in [7, 11) is 0. The first kappa shape index (κ1) is 24.3. The van der Waals surface area contributed by atoms with Crippen LogP contribution in [0, 0.1) is 0 Å². The number of piperidine rings is 1. The summed E-state index contributed by atoms with van der Waals surface area (Å²) in [6.45, 7) is 6.17. The van der Waals surface area contributed by atoms with Crippen LogP contribution in [0.5, 0.6) is 0 Å². The molecule has 0 radical (unpaired) electrons. The van der Waals surface area contributed by atoms with Crippen LogP contribution in [0.2, 0.25) is 0 Å². The van der Waals surface area contributed by atoms with Crippen molar-refractivity contribution in [3.8, 4) is 11.3 Å². The maximum atomic E-state index is 13.1. The van der Waals surface area contributed by atoms with Crippen LogP contribution >= 0.6 is 11.3 Å². The van der Waals surface area contributed by atoms with Crippen molar-refractivity contribution in [1.29, 1.82) is 0 Å². The first-order valence-corrected chi connectivity index (χ1v) is 10.7. The van der Waals surface area contributed by atoms with E-state index in [9.17, 15) is 31.1 Å². The van der Waals surface area contributed by atoms with Gasteiger partial charge in [0.25, 0.3) is 0 Å². The Morgan fingerprint density at radius 2 is 1.53 bits per heavy atom. The summed E-state index contributed by atoms with van der Waals surface area (Å²) < 4.78 is 84.1. The molecule has 1 aromatic carbocycles. The number of likely N-dealkylation sites (tertiary alicyclic amines) is 1. The molecule has 32 heavy (non-hydrogen) atoms. The van der Waals surface area contributed by atoms with E-state index in [0.29, 0.717) is 43.1 Å². The highest BCUT2D eigenvalue weighted by molar-refractivity contribution is 7.10. The van der Waals surface area contributed by atoms with Crippen molar-refractivity contribution in [3.63, 3.8) is 0 Å². The molecule has 1 amide bonds. The molecule has 2 heterocycles. The predicted molar refractivity (Wildman–Crippen MR) is 107 cm³/mol. The molecule has 11 heteroatoms. The van der Waals surface area contributed by atoms with Gasteiger partial charge in [-0.1, -0.05) is 0 Å². The van der Waals surface area contributed by atoms with Gasteiger partial charge < -0.3 is 9.64 Å². The van der Waals surface area contributed by atoms with Gasteiger partial charge in [-0.3, -0.25) is 0 Å². The number of nitrogens with zero attached hydrogens (tertiary/aromatic N) is 2. The Hall–Kier alpha value is -2.30. The molecule has 4 nitrogen and oxygen atoms in total. The molecule has 0 atom stereocenters. The van der Waals surface area contributed by atoms with Gasteiger partial charge in [0.15, 0.2) is 0 Å². The van der Waals surface area contributed by atoms with E-state index in [0.717, 1.165) is 0 Å². The Labute approximate surface area is 185 Å². The second-order valence-corrected chi connectivity index (χ2v) is 9.50. The second kappa shape index (κ2) is 8.57. The largest absolute Gasteiger partial charge is 0.444 e. The zero-order valence-electron chi connectivity index (χ0n) is 17.6. The minimum absolute atomic E-state index is 0.0414. The standard InChI is InChI=1S/C21H22F6N2O2S/c1-19(2,3)31-18(30)29-6-4-12(5-7-29)17-28-16(11-32-17)13-8-14(20(22,23)24)10-15(9-13)21(25,26)27/h8-12H,4-7H2,1-3H3. The van der Waals surface area contributed by atoms with Gasteiger partial charge in [-0.05, 0) is 51.8 Å². The first-order chi connectivity index (χ1) is 14.6. The minimum atomic E-state index is -4.91. The van der Waals surface area contributed by atoms with E-state index < -0.39 is 35.2 Å². The third-order valence-electron chi connectivity index (χ3n) is 4.90. The number of thiazole rings is 1. The topological polar surface area (TPSA) is 42.4 Å². The number of carbonyl (C=O) groups excluding carboxylic acids is 1. The Bertz CT molecular complexity index is 938. The zero-order valence-corrected chi connectivity index (χ0v) is 18.4. The van der Waals surface area contributed by atoms with Gasteiger partial charge in [0.05, 0.1) is 21.8 Å². The maximum Gasteiger partial charge on any atom is 0.416 e. The number of halogens is 6. The van der Waals surface area contributed by atoms with Crippen LogP contribution in [0.1, 0.15) is 55.7 Å². The third-order valence-corrected chi connectivity index (χ3v) is 5.91. The molecule has 1 aromatic heterocycles. The molecule has 1 saturated heterocycles. The molecule has 176 valence electrons. The molecule has 0 bridgehead atoms. The highest BCUT2D eigenvalue weighted by Crippen LogP contribution is 2.40. The highest BCUT2D eigenvalue weighted by Gasteiger charge is 2.37. The van der Waals surface area contributed by atoms with Gasteiger partial charge in [-0.15, -0.1) is 11.3 Å². The van der Waals surface area contributed by atoms with E-state index in [-0.39, 0.29) is 23.2 Å². The SMILES string of the molecule is CC(C)(C)OC(=O)N1CCC(c2nc(-c3cc(C(F)(F)F)cc(C(F)(F)F)c3)cs2)CC1. The number of benzene rings is 1. The van der Waals surface area contributed by atoms with Gasteiger partial charge in [0, 0.05) is 30.0 Å².